The van der Waals surface area contributed by atoms with Gasteiger partial charge < -0.3 is 9.47 Å². The Bertz CT molecular complexity index is 722. The first-order valence-electron chi connectivity index (χ1n) is 7.43. The number of esters is 1. The number of benzene rings is 2. The van der Waals surface area contributed by atoms with Crippen molar-refractivity contribution in [2.45, 2.75) is 13.8 Å². The molecule has 0 aliphatic heterocycles. The summed E-state index contributed by atoms with van der Waals surface area (Å²) in [7, 11) is 0. The van der Waals surface area contributed by atoms with Crippen LogP contribution in [0.5, 0.6) is 5.75 Å². The lowest BCUT2D eigenvalue weighted by molar-refractivity contribution is 0.0734. The van der Waals surface area contributed by atoms with Crippen molar-refractivity contribution in [3.63, 3.8) is 0 Å². The molecular weight excluding hydrogens is 308 g/mol. The summed E-state index contributed by atoms with van der Waals surface area (Å²) in [6.45, 7) is 3.94. The zero-order chi connectivity index (χ0) is 17.4. The van der Waals surface area contributed by atoms with Crippen LogP contribution in [0.25, 0.3) is 0 Å². The molecule has 0 aliphatic rings. The van der Waals surface area contributed by atoms with Gasteiger partial charge in [0.15, 0.2) is 0 Å². The quantitative estimate of drug-likeness (QED) is 0.396. The van der Waals surface area contributed by atoms with Crippen LogP contribution in [0.4, 0.5) is 4.79 Å². The molecule has 0 spiro atoms. The summed E-state index contributed by atoms with van der Waals surface area (Å²) < 4.78 is 9.97. The van der Waals surface area contributed by atoms with Gasteiger partial charge in [0.05, 0.1) is 18.4 Å². The minimum absolute atomic E-state index is 0.280. The summed E-state index contributed by atoms with van der Waals surface area (Å²) in [6.07, 6.45) is 0.847. The summed E-state index contributed by atoms with van der Waals surface area (Å²) in [5.41, 5.74) is 4.53. The molecule has 24 heavy (non-hydrogen) atoms. The number of hydrogen-bond donors (Lipinski definition) is 1. The largest absolute Gasteiger partial charge is 0.449 e. The normalized spacial score (nSPS) is 10.4. The van der Waals surface area contributed by atoms with Crippen LogP contribution in [-0.4, -0.2) is 24.9 Å². The Balaban J connectivity index is 1.92. The number of aryl methyl sites for hydroxylation is 1. The summed E-state index contributed by atoms with van der Waals surface area (Å²) in [6, 6.07) is 13.9. The van der Waals surface area contributed by atoms with Crippen molar-refractivity contribution >= 4 is 18.3 Å². The molecule has 2 rings (SSSR count). The monoisotopic (exact) mass is 326 g/mol. The summed E-state index contributed by atoms with van der Waals surface area (Å²) >= 11 is 0. The van der Waals surface area contributed by atoms with Gasteiger partial charge in [-0.3, -0.25) is 0 Å². The first-order valence-corrected chi connectivity index (χ1v) is 7.43. The lowest BCUT2D eigenvalue weighted by Gasteiger charge is -2.05. The van der Waals surface area contributed by atoms with E-state index in [0.29, 0.717) is 11.3 Å². The fourth-order valence-electron chi connectivity index (χ4n) is 1.80. The predicted octanol–water partition coefficient (Wildman–Crippen LogP) is 3.29. The molecule has 6 nitrogen and oxygen atoms in total. The second-order valence-electron chi connectivity index (χ2n) is 4.92. The van der Waals surface area contributed by atoms with Crippen LogP contribution >= 0.6 is 0 Å². The molecule has 1 N–H and O–H groups in total. The Morgan fingerprint density at radius 1 is 1.08 bits per heavy atom. The average Bonchev–Trinajstić information content (AvgIpc) is 2.57. The molecular formula is C18H18N2O4. The SMILES string of the molecule is CCOC(=O)N/N=C\c1ccc(OC(=O)c2ccc(C)cc2)cc1. The van der Waals surface area contributed by atoms with Crippen molar-refractivity contribution in [1.82, 2.24) is 5.43 Å². The number of hydrogen-bond acceptors (Lipinski definition) is 5. The molecule has 124 valence electrons. The van der Waals surface area contributed by atoms with E-state index in [1.54, 1.807) is 43.3 Å². The molecule has 2 aromatic rings. The van der Waals surface area contributed by atoms with E-state index < -0.39 is 12.1 Å². The molecule has 0 aliphatic carbocycles. The number of nitrogens with one attached hydrogen (secondary N) is 1. The van der Waals surface area contributed by atoms with E-state index in [2.05, 4.69) is 15.3 Å². The Morgan fingerprint density at radius 3 is 2.38 bits per heavy atom. The second-order valence-corrected chi connectivity index (χ2v) is 4.92. The topological polar surface area (TPSA) is 77.0 Å². The number of rotatable bonds is 5. The van der Waals surface area contributed by atoms with Crippen LogP contribution in [0, 0.1) is 6.92 Å². The standard InChI is InChI=1S/C18H18N2O4/c1-3-23-18(22)20-19-12-14-6-10-16(11-7-14)24-17(21)15-8-4-13(2)5-9-15/h4-12H,3H2,1-2H3,(H,20,22)/b19-12-. The average molecular weight is 326 g/mol. The van der Waals surface area contributed by atoms with Crippen molar-refractivity contribution in [3.8, 4) is 5.75 Å². The fraction of sp³-hybridized carbons (Fsp3) is 0.167. The molecule has 0 unspecified atom stereocenters. The molecule has 0 heterocycles. The first-order chi connectivity index (χ1) is 11.6. The van der Waals surface area contributed by atoms with Crippen molar-refractivity contribution < 1.29 is 19.1 Å². The van der Waals surface area contributed by atoms with Crippen LogP contribution in [0.2, 0.25) is 0 Å². The molecule has 0 radical (unpaired) electrons. The van der Waals surface area contributed by atoms with Gasteiger partial charge >= 0.3 is 12.1 Å². The lowest BCUT2D eigenvalue weighted by atomic mass is 10.1. The Morgan fingerprint density at radius 2 is 1.75 bits per heavy atom. The van der Waals surface area contributed by atoms with E-state index in [0.717, 1.165) is 11.1 Å². The maximum Gasteiger partial charge on any atom is 0.427 e. The van der Waals surface area contributed by atoms with Crippen LogP contribution in [0.15, 0.2) is 53.6 Å². The molecule has 6 heteroatoms. The molecule has 0 aromatic heterocycles. The van der Waals surface area contributed by atoms with Crippen LogP contribution in [-0.2, 0) is 4.74 Å². The fourth-order valence-corrected chi connectivity index (χ4v) is 1.80. The molecule has 0 saturated heterocycles. The van der Waals surface area contributed by atoms with Gasteiger partial charge in [-0.25, -0.2) is 15.0 Å². The van der Waals surface area contributed by atoms with Gasteiger partial charge in [-0.05, 0) is 55.8 Å². The zero-order valence-corrected chi connectivity index (χ0v) is 13.5. The molecule has 0 atom stereocenters. The van der Waals surface area contributed by atoms with Crippen LogP contribution in [0.1, 0.15) is 28.4 Å². The third-order valence-corrected chi connectivity index (χ3v) is 3.02. The third-order valence-electron chi connectivity index (χ3n) is 3.02. The van der Waals surface area contributed by atoms with Crippen LogP contribution < -0.4 is 10.2 Å². The highest BCUT2D eigenvalue weighted by molar-refractivity contribution is 5.91. The number of hydrazone groups is 1. The van der Waals surface area contributed by atoms with E-state index in [4.69, 9.17) is 4.74 Å². The van der Waals surface area contributed by atoms with Gasteiger partial charge in [0.2, 0.25) is 0 Å². The maximum atomic E-state index is 12.0. The number of ether oxygens (including phenoxy) is 2. The van der Waals surface area contributed by atoms with Gasteiger partial charge in [-0.2, -0.15) is 5.10 Å². The molecule has 2 aromatic carbocycles. The second kappa shape index (κ2) is 8.47. The lowest BCUT2D eigenvalue weighted by Crippen LogP contribution is -2.18. The smallest absolute Gasteiger partial charge is 0.427 e. The summed E-state index contributed by atoms with van der Waals surface area (Å²) in [5.74, 6) is 0.0106. The first kappa shape index (κ1) is 17.2. The van der Waals surface area contributed by atoms with Gasteiger partial charge in [-0.15, -0.1) is 0 Å². The van der Waals surface area contributed by atoms with Crippen molar-refractivity contribution in [1.29, 1.82) is 0 Å². The van der Waals surface area contributed by atoms with Gasteiger partial charge in [-0.1, -0.05) is 17.7 Å². The molecule has 1 amide bonds. The Labute approximate surface area is 140 Å². The molecule has 0 saturated carbocycles. The highest BCUT2D eigenvalue weighted by Crippen LogP contribution is 2.14. The zero-order valence-electron chi connectivity index (χ0n) is 13.5. The van der Waals surface area contributed by atoms with Gasteiger partial charge in [0, 0.05) is 0 Å². The minimum atomic E-state index is -0.614. The van der Waals surface area contributed by atoms with Crippen LogP contribution in [0.3, 0.4) is 0 Å². The molecule has 0 bridgehead atoms. The van der Waals surface area contributed by atoms with E-state index in [-0.39, 0.29) is 6.61 Å². The van der Waals surface area contributed by atoms with Crippen molar-refractivity contribution in [2.75, 3.05) is 6.61 Å². The Kier molecular flexibility index (Phi) is 6.08. The van der Waals surface area contributed by atoms with E-state index >= 15 is 0 Å². The molecule has 0 fully saturated rings. The highest BCUT2D eigenvalue weighted by atomic mass is 16.6. The maximum absolute atomic E-state index is 12.0. The third kappa shape index (κ3) is 5.24. The highest BCUT2D eigenvalue weighted by Gasteiger charge is 2.07. The van der Waals surface area contributed by atoms with E-state index in [1.807, 2.05) is 19.1 Å². The summed E-state index contributed by atoms with van der Waals surface area (Å²) in [4.78, 5) is 23.1. The van der Waals surface area contributed by atoms with E-state index in [9.17, 15) is 9.59 Å². The minimum Gasteiger partial charge on any atom is -0.449 e. The predicted molar refractivity (Wildman–Crippen MR) is 90.3 cm³/mol. The van der Waals surface area contributed by atoms with Crippen molar-refractivity contribution in [3.05, 3.63) is 65.2 Å². The van der Waals surface area contributed by atoms with Crippen molar-refractivity contribution in [2.24, 2.45) is 5.10 Å². The number of amides is 1. The van der Waals surface area contributed by atoms with Gasteiger partial charge in [0.1, 0.15) is 5.75 Å². The summed E-state index contributed by atoms with van der Waals surface area (Å²) in [5, 5.41) is 3.75. The number of nitrogens with zero attached hydrogens (tertiary/aromatic N) is 1. The van der Waals surface area contributed by atoms with E-state index in [1.165, 1.54) is 6.21 Å². The number of carbonyl (C=O) groups excluding carboxylic acids is 2. The number of carbonyl (C=O) groups is 2. The van der Waals surface area contributed by atoms with Gasteiger partial charge in [0.25, 0.3) is 0 Å². The Hall–Kier alpha value is -3.15.